The van der Waals surface area contributed by atoms with Crippen LogP contribution in [0, 0.1) is 0 Å². The summed E-state index contributed by atoms with van der Waals surface area (Å²) in [5.74, 6) is 0.184. The van der Waals surface area contributed by atoms with Gasteiger partial charge >= 0.3 is 0 Å². The van der Waals surface area contributed by atoms with Gasteiger partial charge in [-0.2, -0.15) is 0 Å². The molecule has 4 rings (SSSR count). The summed E-state index contributed by atoms with van der Waals surface area (Å²) < 4.78 is 0. The van der Waals surface area contributed by atoms with E-state index >= 15 is 0 Å². The van der Waals surface area contributed by atoms with E-state index in [2.05, 4.69) is 20.8 Å². The molecule has 1 unspecified atom stereocenters. The minimum absolute atomic E-state index is 0.180. The lowest BCUT2D eigenvalue weighted by molar-refractivity contribution is -0.110. The van der Waals surface area contributed by atoms with Crippen LogP contribution in [0.5, 0.6) is 0 Å². The summed E-state index contributed by atoms with van der Waals surface area (Å²) >= 11 is 0. The van der Waals surface area contributed by atoms with Gasteiger partial charge in [0.2, 0.25) is 0 Å². The van der Waals surface area contributed by atoms with Crippen LogP contribution in [0.15, 0.2) is 78.1 Å². The van der Waals surface area contributed by atoms with Crippen LogP contribution in [0.1, 0.15) is 23.2 Å². The zero-order valence-electron chi connectivity index (χ0n) is 18.8. The fourth-order valence-electron chi connectivity index (χ4n) is 3.45. The molecule has 1 aliphatic heterocycles. The summed E-state index contributed by atoms with van der Waals surface area (Å²) in [6.07, 6.45) is 2.46. The SMILES string of the molecule is CN(CCC1CC(C(=O)Nc2ccccc2)=NO1)c1ccc(C(=O)Nc2ccccc2N)cn1. The fraction of sp³-hybridized carbons (Fsp3) is 0.200. The van der Waals surface area contributed by atoms with Crippen molar-refractivity contribution in [1.82, 2.24) is 4.98 Å². The van der Waals surface area contributed by atoms with E-state index < -0.39 is 0 Å². The van der Waals surface area contributed by atoms with Gasteiger partial charge < -0.3 is 26.1 Å². The number of anilines is 4. The topological polar surface area (TPSA) is 122 Å². The van der Waals surface area contributed by atoms with Crippen LogP contribution in [-0.2, 0) is 9.63 Å². The molecular formula is C25H26N6O3. The molecule has 4 N–H and O–H groups in total. The Morgan fingerprint density at radius 3 is 2.53 bits per heavy atom. The molecule has 0 radical (unpaired) electrons. The summed E-state index contributed by atoms with van der Waals surface area (Å²) in [4.78, 5) is 36.6. The number of carbonyl (C=O) groups is 2. The highest BCUT2D eigenvalue weighted by Gasteiger charge is 2.26. The Morgan fingerprint density at radius 2 is 1.79 bits per heavy atom. The molecule has 2 amide bonds. The second kappa shape index (κ2) is 10.5. The predicted octanol–water partition coefficient (Wildman–Crippen LogP) is 3.53. The molecule has 2 aromatic carbocycles. The summed E-state index contributed by atoms with van der Waals surface area (Å²) in [6.45, 7) is 0.646. The first-order chi connectivity index (χ1) is 16.5. The molecule has 0 saturated carbocycles. The average molecular weight is 459 g/mol. The smallest absolute Gasteiger partial charge is 0.273 e. The average Bonchev–Trinajstić information content (AvgIpc) is 3.34. The van der Waals surface area contributed by atoms with Crippen molar-refractivity contribution in [3.8, 4) is 0 Å². The molecule has 174 valence electrons. The monoisotopic (exact) mass is 458 g/mol. The Kier molecular flexibility index (Phi) is 7.02. The Labute approximate surface area is 197 Å². The van der Waals surface area contributed by atoms with Crippen molar-refractivity contribution in [3.05, 3.63) is 78.5 Å². The van der Waals surface area contributed by atoms with E-state index in [1.807, 2.05) is 42.3 Å². The van der Waals surface area contributed by atoms with Gasteiger partial charge in [-0.25, -0.2) is 4.98 Å². The molecule has 34 heavy (non-hydrogen) atoms. The van der Waals surface area contributed by atoms with Gasteiger partial charge in [0.1, 0.15) is 17.6 Å². The van der Waals surface area contributed by atoms with Crippen LogP contribution >= 0.6 is 0 Å². The Hall–Kier alpha value is -4.40. The number of pyridine rings is 1. The van der Waals surface area contributed by atoms with E-state index in [1.165, 1.54) is 6.20 Å². The largest absolute Gasteiger partial charge is 0.397 e. The first-order valence-electron chi connectivity index (χ1n) is 10.9. The molecule has 1 atom stereocenters. The lowest BCUT2D eigenvalue weighted by atomic mass is 10.1. The molecule has 1 aromatic heterocycles. The fourth-order valence-corrected chi connectivity index (χ4v) is 3.45. The Balaban J connectivity index is 1.24. The zero-order chi connectivity index (χ0) is 23.9. The molecule has 3 aromatic rings. The summed E-state index contributed by atoms with van der Waals surface area (Å²) in [5, 5.41) is 9.56. The maximum atomic E-state index is 12.5. The van der Waals surface area contributed by atoms with Gasteiger partial charge in [-0.05, 0) is 36.4 Å². The Morgan fingerprint density at radius 1 is 1.03 bits per heavy atom. The van der Waals surface area contributed by atoms with Gasteiger partial charge in [-0.15, -0.1) is 0 Å². The molecular weight excluding hydrogens is 432 g/mol. The number of para-hydroxylation sites is 3. The third kappa shape index (κ3) is 5.69. The van der Waals surface area contributed by atoms with E-state index in [0.717, 1.165) is 5.82 Å². The van der Waals surface area contributed by atoms with Gasteiger partial charge in [-0.1, -0.05) is 35.5 Å². The van der Waals surface area contributed by atoms with Crippen LogP contribution in [0.25, 0.3) is 0 Å². The highest BCUT2D eigenvalue weighted by atomic mass is 16.6. The molecule has 0 bridgehead atoms. The highest BCUT2D eigenvalue weighted by Crippen LogP contribution is 2.20. The molecule has 0 aliphatic carbocycles. The van der Waals surface area contributed by atoms with Gasteiger partial charge in [0, 0.05) is 38.3 Å². The number of amides is 2. The minimum Gasteiger partial charge on any atom is -0.397 e. The van der Waals surface area contributed by atoms with Crippen LogP contribution in [0.2, 0.25) is 0 Å². The lowest BCUT2D eigenvalue weighted by Gasteiger charge is -2.19. The van der Waals surface area contributed by atoms with Crippen molar-refractivity contribution >= 4 is 40.4 Å². The van der Waals surface area contributed by atoms with E-state index in [-0.39, 0.29) is 17.9 Å². The highest BCUT2D eigenvalue weighted by molar-refractivity contribution is 6.43. The van der Waals surface area contributed by atoms with Crippen molar-refractivity contribution in [2.75, 3.05) is 34.9 Å². The van der Waals surface area contributed by atoms with Crippen molar-refractivity contribution in [2.45, 2.75) is 18.9 Å². The second-order valence-corrected chi connectivity index (χ2v) is 7.95. The predicted molar refractivity (Wildman–Crippen MR) is 133 cm³/mol. The number of nitrogens with two attached hydrogens (primary N) is 1. The molecule has 1 aliphatic rings. The van der Waals surface area contributed by atoms with Crippen LogP contribution in [0.3, 0.4) is 0 Å². The van der Waals surface area contributed by atoms with Crippen molar-refractivity contribution in [2.24, 2.45) is 5.16 Å². The number of nitrogen functional groups attached to an aromatic ring is 1. The number of benzene rings is 2. The number of nitrogens with one attached hydrogen (secondary N) is 2. The van der Waals surface area contributed by atoms with Gasteiger partial charge in [0.25, 0.3) is 11.8 Å². The van der Waals surface area contributed by atoms with Gasteiger partial charge in [0.05, 0.1) is 16.9 Å². The van der Waals surface area contributed by atoms with E-state index in [0.29, 0.717) is 47.7 Å². The number of nitrogens with zero attached hydrogens (tertiary/aromatic N) is 3. The molecule has 2 heterocycles. The third-order valence-electron chi connectivity index (χ3n) is 5.42. The van der Waals surface area contributed by atoms with Gasteiger partial charge in [0.15, 0.2) is 0 Å². The zero-order valence-corrected chi connectivity index (χ0v) is 18.8. The Bertz CT molecular complexity index is 1180. The van der Waals surface area contributed by atoms with E-state index in [9.17, 15) is 9.59 Å². The summed E-state index contributed by atoms with van der Waals surface area (Å²) in [5.41, 5.74) is 8.46. The number of oxime groups is 1. The molecule has 0 spiro atoms. The second-order valence-electron chi connectivity index (χ2n) is 7.95. The maximum absolute atomic E-state index is 12.5. The number of hydrogen-bond donors (Lipinski definition) is 3. The number of rotatable bonds is 8. The molecule has 0 fully saturated rings. The van der Waals surface area contributed by atoms with E-state index in [1.54, 1.807) is 36.4 Å². The molecule has 9 heteroatoms. The molecule has 0 saturated heterocycles. The van der Waals surface area contributed by atoms with Crippen molar-refractivity contribution < 1.29 is 14.4 Å². The number of hydrogen-bond acceptors (Lipinski definition) is 7. The summed E-state index contributed by atoms with van der Waals surface area (Å²) in [6, 6.07) is 19.8. The number of carbonyl (C=O) groups excluding carboxylic acids is 2. The lowest BCUT2D eigenvalue weighted by Crippen LogP contribution is -2.26. The first kappa shape index (κ1) is 22.8. The quantitative estimate of drug-likeness (QED) is 0.444. The van der Waals surface area contributed by atoms with E-state index in [4.69, 9.17) is 10.6 Å². The van der Waals surface area contributed by atoms with Crippen LogP contribution in [-0.4, -0.2) is 42.2 Å². The maximum Gasteiger partial charge on any atom is 0.273 e. The number of aromatic nitrogens is 1. The molecule has 9 nitrogen and oxygen atoms in total. The third-order valence-corrected chi connectivity index (χ3v) is 5.42. The first-order valence-corrected chi connectivity index (χ1v) is 10.9. The van der Waals surface area contributed by atoms with Crippen molar-refractivity contribution in [3.63, 3.8) is 0 Å². The summed E-state index contributed by atoms with van der Waals surface area (Å²) in [7, 11) is 1.91. The minimum atomic E-state index is -0.280. The normalized spacial score (nSPS) is 14.6. The van der Waals surface area contributed by atoms with Gasteiger partial charge in [-0.3, -0.25) is 9.59 Å². The van der Waals surface area contributed by atoms with Crippen LogP contribution in [0.4, 0.5) is 22.9 Å². The van der Waals surface area contributed by atoms with Crippen LogP contribution < -0.4 is 21.3 Å². The van der Waals surface area contributed by atoms with Crippen molar-refractivity contribution in [1.29, 1.82) is 0 Å². The standard InChI is InChI=1S/C25H26N6O3/c1-31(14-13-19-15-22(30-34-19)25(33)28-18-7-3-2-4-8-18)23-12-11-17(16-27-23)24(32)29-21-10-6-5-9-20(21)26/h2-12,16,19H,13-15,26H2,1H3,(H,28,33)(H,29,32).